The van der Waals surface area contributed by atoms with Crippen molar-refractivity contribution in [3.05, 3.63) is 101 Å². The first-order valence-corrected chi connectivity index (χ1v) is 11.2. The number of hydrogen-bond acceptors (Lipinski definition) is 4. The van der Waals surface area contributed by atoms with Gasteiger partial charge < -0.3 is 15.4 Å². The van der Waals surface area contributed by atoms with E-state index in [0.29, 0.717) is 38.2 Å². The van der Waals surface area contributed by atoms with Crippen LogP contribution in [0.3, 0.4) is 0 Å². The van der Waals surface area contributed by atoms with Gasteiger partial charge in [0, 0.05) is 37.0 Å². The van der Waals surface area contributed by atoms with Gasteiger partial charge in [-0.05, 0) is 61.2 Å². The van der Waals surface area contributed by atoms with Crippen LogP contribution in [0.15, 0.2) is 72.9 Å². The number of benzene rings is 2. The molecule has 0 unspecified atom stereocenters. The first-order chi connectivity index (χ1) is 16.0. The number of nitrogens with zero attached hydrogens (tertiary/aromatic N) is 1. The van der Waals surface area contributed by atoms with Crippen LogP contribution < -0.4 is 10.6 Å². The van der Waals surface area contributed by atoms with Crippen LogP contribution in [0.25, 0.3) is 0 Å². The second kappa shape index (κ2) is 12.5. The van der Waals surface area contributed by atoms with Crippen LogP contribution in [0.2, 0.25) is 0 Å². The Morgan fingerprint density at radius 3 is 2.48 bits per heavy atom. The Bertz CT molecular complexity index is 1040. The predicted molar refractivity (Wildman–Crippen MR) is 129 cm³/mol. The van der Waals surface area contributed by atoms with E-state index in [9.17, 15) is 9.59 Å². The fourth-order valence-electron chi connectivity index (χ4n) is 3.34. The molecule has 0 fully saturated rings. The molecule has 2 amide bonds. The summed E-state index contributed by atoms with van der Waals surface area (Å²) in [5.74, 6) is -0.502. The summed E-state index contributed by atoms with van der Waals surface area (Å²) < 4.78 is 5.75. The Morgan fingerprint density at radius 2 is 1.76 bits per heavy atom. The highest BCUT2D eigenvalue weighted by molar-refractivity contribution is 5.97. The molecule has 0 radical (unpaired) electrons. The molecule has 3 aromatic rings. The van der Waals surface area contributed by atoms with Crippen molar-refractivity contribution in [2.45, 2.75) is 39.3 Å². The van der Waals surface area contributed by atoms with E-state index in [1.807, 2.05) is 74.5 Å². The highest BCUT2D eigenvalue weighted by Gasteiger charge is 2.21. The van der Waals surface area contributed by atoms with E-state index in [0.717, 1.165) is 22.4 Å². The molecule has 0 aliphatic rings. The quantitative estimate of drug-likeness (QED) is 0.441. The average Bonchev–Trinajstić information content (AvgIpc) is 2.84. The Labute approximate surface area is 195 Å². The molecule has 0 saturated carbocycles. The maximum absolute atomic E-state index is 12.9. The van der Waals surface area contributed by atoms with Gasteiger partial charge in [-0.2, -0.15) is 0 Å². The molecule has 1 heterocycles. The number of carbonyl (C=O) groups excluding carboxylic acids is 2. The standard InChI is InChI=1S/C27H31N3O3/c1-20-11-12-23(18-21(20)2)26(31)30-25(14-17-33-19-22-8-4-3-5-9-22)27(32)29-16-13-24-10-6-7-15-28-24/h3-12,15,18,25H,13-14,16-17,19H2,1-2H3,(H,29,32)(H,30,31)/t25-/m1/s1. The molecule has 0 spiro atoms. The average molecular weight is 446 g/mol. The van der Waals surface area contributed by atoms with Crippen molar-refractivity contribution in [2.75, 3.05) is 13.2 Å². The monoisotopic (exact) mass is 445 g/mol. The van der Waals surface area contributed by atoms with Gasteiger partial charge in [-0.15, -0.1) is 0 Å². The van der Waals surface area contributed by atoms with Crippen molar-refractivity contribution in [3.63, 3.8) is 0 Å². The van der Waals surface area contributed by atoms with Gasteiger partial charge in [0.25, 0.3) is 5.91 Å². The minimum Gasteiger partial charge on any atom is -0.377 e. The third kappa shape index (κ3) is 7.84. The van der Waals surface area contributed by atoms with E-state index in [4.69, 9.17) is 4.74 Å². The van der Waals surface area contributed by atoms with Crippen LogP contribution in [-0.4, -0.2) is 36.0 Å². The van der Waals surface area contributed by atoms with Crippen molar-refractivity contribution < 1.29 is 14.3 Å². The van der Waals surface area contributed by atoms with Gasteiger partial charge in [0.05, 0.1) is 6.61 Å². The normalized spacial score (nSPS) is 11.6. The molecule has 1 aromatic heterocycles. The molecule has 1 atom stereocenters. The van der Waals surface area contributed by atoms with Crippen molar-refractivity contribution in [1.29, 1.82) is 0 Å². The number of carbonyl (C=O) groups is 2. The lowest BCUT2D eigenvalue weighted by atomic mass is 10.1. The number of aromatic nitrogens is 1. The van der Waals surface area contributed by atoms with E-state index < -0.39 is 6.04 Å². The van der Waals surface area contributed by atoms with Crippen LogP contribution in [0.5, 0.6) is 0 Å². The number of rotatable bonds is 11. The molecule has 172 valence electrons. The second-order valence-corrected chi connectivity index (χ2v) is 8.01. The molecule has 2 aromatic carbocycles. The summed E-state index contributed by atoms with van der Waals surface area (Å²) in [6.07, 6.45) is 2.72. The number of aryl methyl sites for hydroxylation is 2. The third-order valence-electron chi connectivity index (χ3n) is 5.46. The summed E-state index contributed by atoms with van der Waals surface area (Å²) in [7, 11) is 0. The summed E-state index contributed by atoms with van der Waals surface area (Å²) in [5.41, 5.74) is 4.65. The Balaban J connectivity index is 1.57. The lowest BCUT2D eigenvalue weighted by molar-refractivity contribution is -0.123. The Hall–Kier alpha value is -3.51. The lowest BCUT2D eigenvalue weighted by Crippen LogP contribution is -2.47. The van der Waals surface area contributed by atoms with Gasteiger partial charge in [0.1, 0.15) is 6.04 Å². The van der Waals surface area contributed by atoms with Crippen molar-refractivity contribution in [1.82, 2.24) is 15.6 Å². The van der Waals surface area contributed by atoms with E-state index in [-0.39, 0.29) is 11.8 Å². The molecule has 0 saturated heterocycles. The van der Waals surface area contributed by atoms with E-state index in [1.165, 1.54) is 0 Å². The zero-order chi connectivity index (χ0) is 23.5. The van der Waals surface area contributed by atoms with E-state index in [1.54, 1.807) is 12.3 Å². The number of hydrogen-bond donors (Lipinski definition) is 2. The van der Waals surface area contributed by atoms with Crippen molar-refractivity contribution >= 4 is 11.8 Å². The van der Waals surface area contributed by atoms with Crippen LogP contribution in [0.4, 0.5) is 0 Å². The first kappa shape index (κ1) is 24.1. The van der Waals surface area contributed by atoms with Crippen molar-refractivity contribution in [2.24, 2.45) is 0 Å². The lowest BCUT2D eigenvalue weighted by Gasteiger charge is -2.19. The number of amides is 2. The highest BCUT2D eigenvalue weighted by Crippen LogP contribution is 2.10. The summed E-state index contributed by atoms with van der Waals surface area (Å²) in [5, 5.41) is 5.80. The SMILES string of the molecule is Cc1ccc(C(=O)N[C@H](CCOCc2ccccc2)C(=O)NCCc2ccccn2)cc1C. The summed E-state index contributed by atoms with van der Waals surface area (Å²) >= 11 is 0. The van der Waals surface area contributed by atoms with Crippen LogP contribution in [0.1, 0.15) is 39.2 Å². The fraction of sp³-hybridized carbons (Fsp3) is 0.296. The highest BCUT2D eigenvalue weighted by atomic mass is 16.5. The predicted octanol–water partition coefficient (Wildman–Crippen LogP) is 3.76. The Morgan fingerprint density at radius 1 is 0.970 bits per heavy atom. The number of pyridine rings is 1. The summed E-state index contributed by atoms with van der Waals surface area (Å²) in [4.78, 5) is 30.0. The zero-order valence-electron chi connectivity index (χ0n) is 19.2. The Kier molecular flexibility index (Phi) is 9.15. The molecule has 0 aliphatic carbocycles. The molecular weight excluding hydrogens is 414 g/mol. The smallest absolute Gasteiger partial charge is 0.251 e. The summed E-state index contributed by atoms with van der Waals surface area (Å²) in [6, 6.07) is 20.4. The second-order valence-electron chi connectivity index (χ2n) is 8.01. The molecule has 6 heteroatoms. The number of nitrogens with one attached hydrogen (secondary N) is 2. The minimum atomic E-state index is -0.696. The zero-order valence-corrected chi connectivity index (χ0v) is 19.2. The van der Waals surface area contributed by atoms with Gasteiger partial charge in [-0.3, -0.25) is 14.6 Å². The van der Waals surface area contributed by atoms with Gasteiger partial charge >= 0.3 is 0 Å². The van der Waals surface area contributed by atoms with E-state index >= 15 is 0 Å². The van der Waals surface area contributed by atoms with Crippen LogP contribution in [-0.2, 0) is 22.6 Å². The largest absolute Gasteiger partial charge is 0.377 e. The molecule has 0 aliphatic heterocycles. The molecule has 0 bridgehead atoms. The van der Waals surface area contributed by atoms with Crippen molar-refractivity contribution in [3.8, 4) is 0 Å². The topological polar surface area (TPSA) is 80.3 Å². The van der Waals surface area contributed by atoms with Gasteiger partial charge in [0.2, 0.25) is 5.91 Å². The van der Waals surface area contributed by atoms with Gasteiger partial charge in [0.15, 0.2) is 0 Å². The fourth-order valence-corrected chi connectivity index (χ4v) is 3.34. The van der Waals surface area contributed by atoms with Gasteiger partial charge in [-0.1, -0.05) is 42.5 Å². The third-order valence-corrected chi connectivity index (χ3v) is 5.46. The molecule has 2 N–H and O–H groups in total. The van der Waals surface area contributed by atoms with Gasteiger partial charge in [-0.25, -0.2) is 0 Å². The van der Waals surface area contributed by atoms with Crippen LogP contribution in [0, 0.1) is 13.8 Å². The molecule has 33 heavy (non-hydrogen) atoms. The minimum absolute atomic E-state index is 0.230. The molecule has 6 nitrogen and oxygen atoms in total. The van der Waals surface area contributed by atoms with Crippen LogP contribution >= 0.6 is 0 Å². The summed E-state index contributed by atoms with van der Waals surface area (Å²) in [6.45, 7) is 5.21. The maximum atomic E-state index is 12.9. The molecular formula is C27H31N3O3. The first-order valence-electron chi connectivity index (χ1n) is 11.2. The number of ether oxygens (including phenoxy) is 1. The maximum Gasteiger partial charge on any atom is 0.251 e. The van der Waals surface area contributed by atoms with E-state index in [2.05, 4.69) is 15.6 Å². The molecule has 3 rings (SSSR count).